The average molecular weight is 915 g/mol. The Morgan fingerprint density at radius 3 is 1.31 bits per heavy atom. The summed E-state index contributed by atoms with van der Waals surface area (Å²) in [4.78, 5) is 51.9. The zero-order valence-corrected chi connectivity index (χ0v) is 33.1. The molecule has 0 aliphatic rings. The second kappa shape index (κ2) is 20.3. The summed E-state index contributed by atoms with van der Waals surface area (Å²) in [5.74, 6) is -10.0. The standard InChI is InChI=1S/C45H34F8N2O10/c46-41(47)44(50,51)64-35-16-12-33(13-17-35)62-39(58)27-7-1-25(2-8-27)5-11-32(56)24-37(29-21-30(54)23-31(55)22-29)43(60,61)38(57)20-6-26-3-9-28(10-4-26)40(59)63-34-14-18-36(19-15-34)65-45(52,53)42(48)49/h1-23,37,41-42,60-61H,24,54-55H2. The molecule has 0 aliphatic heterocycles. The van der Waals surface area contributed by atoms with Crippen molar-refractivity contribution in [3.05, 3.63) is 155 Å². The molecule has 0 fully saturated rings. The maximum Gasteiger partial charge on any atom is 0.461 e. The zero-order valence-electron chi connectivity index (χ0n) is 33.1. The number of ketones is 2. The first-order chi connectivity index (χ1) is 30.5. The Kier molecular flexibility index (Phi) is 15.1. The van der Waals surface area contributed by atoms with E-state index in [-0.39, 0.29) is 39.6 Å². The van der Waals surface area contributed by atoms with Crippen molar-refractivity contribution < 1.29 is 83.5 Å². The first-order valence-corrected chi connectivity index (χ1v) is 18.6. The van der Waals surface area contributed by atoms with Crippen molar-refractivity contribution in [2.45, 2.75) is 43.2 Å². The minimum Gasteiger partial charge on any atom is -0.428 e. The van der Waals surface area contributed by atoms with E-state index in [1.807, 2.05) is 0 Å². The van der Waals surface area contributed by atoms with E-state index >= 15 is 0 Å². The molecule has 0 amide bonds. The maximum absolute atomic E-state index is 13.3. The third kappa shape index (κ3) is 13.2. The van der Waals surface area contributed by atoms with Gasteiger partial charge in [-0.1, -0.05) is 36.4 Å². The van der Waals surface area contributed by atoms with Gasteiger partial charge in [0.2, 0.25) is 11.6 Å². The molecule has 0 aromatic heterocycles. The zero-order chi connectivity index (χ0) is 47.7. The number of hydrogen-bond donors (Lipinski definition) is 4. The van der Waals surface area contributed by atoms with Crippen molar-refractivity contribution >= 4 is 47.0 Å². The van der Waals surface area contributed by atoms with Gasteiger partial charge in [-0.3, -0.25) is 9.59 Å². The number of allylic oxidation sites excluding steroid dienone is 1. The lowest BCUT2D eigenvalue weighted by Gasteiger charge is -2.29. The Balaban J connectivity index is 1.21. The number of rotatable bonds is 19. The fourth-order valence-electron chi connectivity index (χ4n) is 5.67. The molecule has 1 unspecified atom stereocenters. The molecule has 0 saturated carbocycles. The lowest BCUT2D eigenvalue weighted by atomic mass is 9.83. The molecule has 5 aromatic rings. The molecular formula is C45H34F8N2O10. The molecule has 12 nitrogen and oxygen atoms in total. The van der Waals surface area contributed by atoms with Gasteiger partial charge in [0.05, 0.1) is 17.0 Å². The van der Waals surface area contributed by atoms with Crippen molar-refractivity contribution in [1.29, 1.82) is 0 Å². The van der Waals surface area contributed by atoms with Crippen LogP contribution < -0.4 is 30.4 Å². The van der Waals surface area contributed by atoms with Crippen LogP contribution in [0.5, 0.6) is 23.0 Å². The van der Waals surface area contributed by atoms with Gasteiger partial charge in [0, 0.05) is 17.8 Å². The molecule has 65 heavy (non-hydrogen) atoms. The van der Waals surface area contributed by atoms with Gasteiger partial charge in [-0.05, 0) is 120 Å². The minimum absolute atomic E-state index is 0.0106. The van der Waals surface area contributed by atoms with Crippen molar-refractivity contribution in [3.63, 3.8) is 0 Å². The second-order valence-corrected chi connectivity index (χ2v) is 13.8. The van der Waals surface area contributed by atoms with Gasteiger partial charge < -0.3 is 40.6 Å². The minimum atomic E-state index is -4.73. The predicted molar refractivity (Wildman–Crippen MR) is 217 cm³/mol. The van der Waals surface area contributed by atoms with Gasteiger partial charge in [-0.25, -0.2) is 9.59 Å². The highest BCUT2D eigenvalue weighted by Crippen LogP contribution is 2.35. The van der Waals surface area contributed by atoms with Crippen LogP contribution in [0.4, 0.5) is 46.5 Å². The van der Waals surface area contributed by atoms with E-state index in [4.69, 9.17) is 20.9 Å². The number of hydrogen-bond acceptors (Lipinski definition) is 12. The number of ether oxygens (including phenoxy) is 4. The van der Waals surface area contributed by atoms with Crippen molar-refractivity contribution in [1.82, 2.24) is 0 Å². The van der Waals surface area contributed by atoms with Crippen molar-refractivity contribution in [3.8, 4) is 23.0 Å². The Morgan fingerprint density at radius 1 is 0.554 bits per heavy atom. The number of nitrogens with two attached hydrogens (primary N) is 2. The summed E-state index contributed by atoms with van der Waals surface area (Å²) >= 11 is 0. The van der Waals surface area contributed by atoms with Crippen molar-refractivity contribution in [2.75, 3.05) is 11.5 Å². The van der Waals surface area contributed by atoms with Gasteiger partial charge >= 0.3 is 37.0 Å². The van der Waals surface area contributed by atoms with Crippen molar-refractivity contribution in [2.24, 2.45) is 0 Å². The maximum atomic E-state index is 13.3. The molecule has 1 atom stereocenters. The number of aliphatic hydroxyl groups is 2. The molecular weight excluding hydrogens is 880 g/mol. The monoisotopic (exact) mass is 914 g/mol. The number of benzene rings is 5. The number of halogens is 8. The quantitative estimate of drug-likeness (QED) is 0.0154. The number of alkyl halides is 8. The molecule has 0 aliphatic carbocycles. The summed E-state index contributed by atoms with van der Waals surface area (Å²) in [6.07, 6.45) is -13.8. The lowest BCUT2D eigenvalue weighted by molar-refractivity contribution is -0.253. The van der Waals surface area contributed by atoms with Crippen LogP contribution in [0.15, 0.2) is 127 Å². The third-order valence-electron chi connectivity index (χ3n) is 8.92. The van der Waals surface area contributed by atoms with Crippen LogP contribution in [0.25, 0.3) is 12.2 Å². The van der Waals surface area contributed by atoms with Crippen LogP contribution in [0.2, 0.25) is 0 Å². The first kappa shape index (κ1) is 48.5. The molecule has 5 aromatic carbocycles. The summed E-state index contributed by atoms with van der Waals surface area (Å²) in [5.41, 5.74) is 12.8. The summed E-state index contributed by atoms with van der Waals surface area (Å²) in [6.45, 7) is 0. The van der Waals surface area contributed by atoms with E-state index < -0.39 is 78.2 Å². The normalized spacial score (nSPS) is 12.7. The fourth-order valence-corrected chi connectivity index (χ4v) is 5.67. The predicted octanol–water partition coefficient (Wildman–Crippen LogP) is 8.48. The topological polar surface area (TPSA) is 198 Å². The van der Waals surface area contributed by atoms with E-state index in [1.54, 1.807) is 0 Å². The Morgan fingerprint density at radius 2 is 0.923 bits per heavy atom. The van der Waals surface area contributed by atoms with Gasteiger partial charge in [-0.15, -0.1) is 0 Å². The highest BCUT2D eigenvalue weighted by molar-refractivity contribution is 6.01. The Bertz CT molecular complexity index is 2530. The van der Waals surface area contributed by atoms with Crippen LogP contribution in [0.1, 0.15) is 49.7 Å². The van der Waals surface area contributed by atoms with Crippen LogP contribution in [-0.4, -0.2) is 64.6 Å². The van der Waals surface area contributed by atoms with Crippen LogP contribution in [-0.2, 0) is 9.59 Å². The highest BCUT2D eigenvalue weighted by atomic mass is 19.3. The van der Waals surface area contributed by atoms with Crippen LogP contribution in [0, 0.1) is 0 Å². The number of carbonyl (C=O) groups is 4. The molecule has 0 saturated heterocycles. The van der Waals surface area contributed by atoms with E-state index in [0.29, 0.717) is 11.1 Å². The van der Waals surface area contributed by atoms with E-state index in [0.717, 1.165) is 60.7 Å². The fraction of sp³-hybridized carbons (Fsp3) is 0.156. The van der Waals surface area contributed by atoms with Crippen LogP contribution >= 0.6 is 0 Å². The van der Waals surface area contributed by atoms with Gasteiger partial charge in [0.1, 0.15) is 23.0 Å². The second-order valence-electron chi connectivity index (χ2n) is 13.8. The van der Waals surface area contributed by atoms with Crippen LogP contribution in [0.3, 0.4) is 0 Å². The third-order valence-corrected chi connectivity index (χ3v) is 8.92. The smallest absolute Gasteiger partial charge is 0.428 e. The largest absolute Gasteiger partial charge is 0.461 e. The van der Waals surface area contributed by atoms with Gasteiger partial charge in [0.15, 0.2) is 5.78 Å². The molecule has 5 rings (SSSR count). The molecule has 0 radical (unpaired) electrons. The molecule has 0 heterocycles. The Labute approximate surface area is 362 Å². The molecule has 20 heteroatoms. The molecule has 0 spiro atoms. The molecule has 0 bridgehead atoms. The number of carbonyl (C=O) groups excluding carboxylic acids is 4. The number of anilines is 2. The molecule has 6 N–H and O–H groups in total. The first-order valence-electron chi connectivity index (χ1n) is 18.6. The van der Waals surface area contributed by atoms with Gasteiger partial charge in [-0.2, -0.15) is 35.1 Å². The highest BCUT2D eigenvalue weighted by Gasteiger charge is 2.45. The Hall–Kier alpha value is -7.58. The summed E-state index contributed by atoms with van der Waals surface area (Å²) in [5, 5.41) is 22.5. The van der Waals surface area contributed by atoms with Gasteiger partial charge in [0.25, 0.3) is 0 Å². The number of esters is 2. The summed E-state index contributed by atoms with van der Waals surface area (Å²) < 4.78 is 120. The number of nitrogen functional groups attached to an aromatic ring is 2. The van der Waals surface area contributed by atoms with E-state index in [9.17, 15) is 64.5 Å². The SMILES string of the molecule is Nc1cc(N)cc(C(CC(=O)C=Cc2ccc(C(=O)Oc3ccc(OC(F)(F)C(F)F)cc3)cc2)C(O)(O)C(=O)C=Cc2ccc(C(=O)Oc3ccc(OC(F)(F)C(F)F)cc3)cc2)c1. The van der Waals surface area contributed by atoms with E-state index in [1.165, 1.54) is 78.9 Å². The summed E-state index contributed by atoms with van der Waals surface area (Å²) in [7, 11) is 0. The average Bonchev–Trinajstić information content (AvgIpc) is 3.24. The summed E-state index contributed by atoms with van der Waals surface area (Å²) in [6, 6.07) is 22.6. The lowest BCUT2D eigenvalue weighted by Crippen LogP contribution is -2.44. The molecule has 340 valence electrons. The van der Waals surface area contributed by atoms with E-state index in [2.05, 4.69) is 9.47 Å².